The van der Waals surface area contributed by atoms with Crippen molar-refractivity contribution in [1.29, 1.82) is 0 Å². The standard InChI is InChI=1S/C32H21FN2O4S/c33-22-9-4-7-20(16-22)29-25-13-11-18-5-1-2-10-24(18)28(25)34-32-35(29)30(36)27(40-32)17-23-12-14-26(39-23)19-6-3-8-21(15-19)31(37)38/h1-10,12,14-17,29H,11,13H2,(H,37,38). The van der Waals surface area contributed by atoms with Crippen LogP contribution in [0.5, 0.6) is 0 Å². The molecule has 3 aromatic carbocycles. The summed E-state index contributed by atoms with van der Waals surface area (Å²) >= 11 is 1.26. The van der Waals surface area contributed by atoms with Crippen molar-refractivity contribution in [2.45, 2.75) is 18.9 Å². The third kappa shape index (κ3) is 4.04. The van der Waals surface area contributed by atoms with Crippen molar-refractivity contribution in [3.05, 3.63) is 144 Å². The smallest absolute Gasteiger partial charge is 0.335 e. The Hall–Kier alpha value is -4.82. The molecule has 7 rings (SSSR count). The molecule has 40 heavy (non-hydrogen) atoms. The minimum atomic E-state index is -1.02. The minimum absolute atomic E-state index is 0.159. The highest BCUT2D eigenvalue weighted by molar-refractivity contribution is 7.07. The van der Waals surface area contributed by atoms with Gasteiger partial charge in [0.15, 0.2) is 4.80 Å². The zero-order valence-corrected chi connectivity index (χ0v) is 21.8. The molecule has 0 bridgehead atoms. The highest BCUT2D eigenvalue weighted by Gasteiger charge is 2.32. The topological polar surface area (TPSA) is 84.8 Å². The van der Waals surface area contributed by atoms with Gasteiger partial charge in [-0.3, -0.25) is 9.36 Å². The van der Waals surface area contributed by atoms with E-state index < -0.39 is 12.0 Å². The third-order valence-electron chi connectivity index (χ3n) is 7.33. The second-order valence-electron chi connectivity index (χ2n) is 9.76. The van der Waals surface area contributed by atoms with Gasteiger partial charge in [0.25, 0.3) is 5.56 Å². The van der Waals surface area contributed by atoms with Crippen LogP contribution in [0.2, 0.25) is 0 Å². The Morgan fingerprint density at radius 2 is 1.88 bits per heavy atom. The van der Waals surface area contributed by atoms with E-state index in [1.54, 1.807) is 47.0 Å². The van der Waals surface area contributed by atoms with Gasteiger partial charge in [-0.2, -0.15) is 0 Å². The summed E-state index contributed by atoms with van der Waals surface area (Å²) in [7, 11) is 0. The molecule has 1 unspecified atom stereocenters. The number of furan rings is 1. The van der Waals surface area contributed by atoms with Gasteiger partial charge in [-0.05, 0) is 65.9 Å². The van der Waals surface area contributed by atoms with Crippen LogP contribution in [-0.2, 0) is 6.42 Å². The molecule has 0 saturated heterocycles. The van der Waals surface area contributed by atoms with Gasteiger partial charge in [-0.1, -0.05) is 59.9 Å². The van der Waals surface area contributed by atoms with Crippen molar-refractivity contribution in [3.63, 3.8) is 0 Å². The molecule has 8 heteroatoms. The van der Waals surface area contributed by atoms with E-state index in [-0.39, 0.29) is 16.9 Å². The van der Waals surface area contributed by atoms with E-state index in [0.29, 0.717) is 32.0 Å². The lowest BCUT2D eigenvalue weighted by molar-refractivity contribution is 0.0697. The second-order valence-corrected chi connectivity index (χ2v) is 10.8. The van der Waals surface area contributed by atoms with Crippen LogP contribution >= 0.6 is 11.3 Å². The number of aromatic nitrogens is 1. The molecule has 0 radical (unpaired) electrons. The first-order valence-electron chi connectivity index (χ1n) is 12.8. The van der Waals surface area contributed by atoms with Crippen LogP contribution in [0.3, 0.4) is 0 Å². The highest BCUT2D eigenvalue weighted by atomic mass is 32.1. The van der Waals surface area contributed by atoms with Crippen molar-refractivity contribution in [1.82, 2.24) is 4.57 Å². The summed E-state index contributed by atoms with van der Waals surface area (Å²) in [6.45, 7) is 0. The molecule has 2 aliphatic rings. The summed E-state index contributed by atoms with van der Waals surface area (Å²) in [5.74, 6) is -0.429. The molecule has 0 fully saturated rings. The first-order chi connectivity index (χ1) is 19.5. The molecule has 196 valence electrons. The molecule has 1 aliphatic carbocycles. The lowest BCUT2D eigenvalue weighted by Crippen LogP contribution is -2.38. The van der Waals surface area contributed by atoms with Crippen molar-refractivity contribution < 1.29 is 18.7 Å². The van der Waals surface area contributed by atoms with Crippen LogP contribution in [0.4, 0.5) is 4.39 Å². The lowest BCUT2D eigenvalue weighted by Gasteiger charge is -2.30. The molecule has 1 aliphatic heterocycles. The largest absolute Gasteiger partial charge is 0.478 e. The maximum Gasteiger partial charge on any atom is 0.335 e. The Morgan fingerprint density at radius 3 is 2.73 bits per heavy atom. The van der Waals surface area contributed by atoms with E-state index >= 15 is 0 Å². The number of aromatic carboxylic acids is 1. The molecule has 1 N–H and O–H groups in total. The van der Waals surface area contributed by atoms with Gasteiger partial charge in [-0.15, -0.1) is 0 Å². The summed E-state index contributed by atoms with van der Waals surface area (Å²) < 4.78 is 22.5. The number of nitrogens with zero attached hydrogens (tertiary/aromatic N) is 2. The first kappa shape index (κ1) is 24.2. The summed E-state index contributed by atoms with van der Waals surface area (Å²) in [5.41, 5.74) is 5.36. The molecule has 0 saturated carbocycles. The van der Waals surface area contributed by atoms with Crippen molar-refractivity contribution in [3.8, 4) is 11.3 Å². The Labute approximate surface area is 231 Å². The minimum Gasteiger partial charge on any atom is -0.478 e. The number of allylic oxidation sites excluding steroid dienone is 1. The Bertz CT molecular complexity index is 2050. The van der Waals surface area contributed by atoms with Crippen LogP contribution in [0, 0.1) is 5.82 Å². The molecule has 2 aromatic heterocycles. The average molecular weight is 549 g/mol. The number of carboxylic acids is 1. The number of aryl methyl sites for hydroxylation is 1. The number of carbonyl (C=O) groups is 1. The van der Waals surface area contributed by atoms with Gasteiger partial charge in [0.05, 0.1) is 21.8 Å². The van der Waals surface area contributed by atoms with E-state index in [1.807, 2.05) is 24.3 Å². The fourth-order valence-corrected chi connectivity index (χ4v) is 6.50. The monoisotopic (exact) mass is 548 g/mol. The van der Waals surface area contributed by atoms with Gasteiger partial charge in [0.2, 0.25) is 0 Å². The summed E-state index contributed by atoms with van der Waals surface area (Å²) in [5, 5.41) is 9.31. The molecule has 0 amide bonds. The van der Waals surface area contributed by atoms with E-state index in [1.165, 1.54) is 35.1 Å². The van der Waals surface area contributed by atoms with Gasteiger partial charge in [0, 0.05) is 17.2 Å². The van der Waals surface area contributed by atoms with E-state index in [2.05, 4.69) is 6.07 Å². The predicted molar refractivity (Wildman–Crippen MR) is 150 cm³/mol. The molecule has 1 atom stereocenters. The number of thiazole rings is 1. The number of benzene rings is 3. The molecular weight excluding hydrogens is 527 g/mol. The van der Waals surface area contributed by atoms with Crippen molar-refractivity contribution >= 4 is 29.1 Å². The summed E-state index contributed by atoms with van der Waals surface area (Å²) in [6.07, 6.45) is 3.21. The maximum atomic E-state index is 14.4. The molecule has 0 spiro atoms. The van der Waals surface area contributed by atoms with E-state index in [0.717, 1.165) is 29.7 Å². The number of hydrogen-bond acceptors (Lipinski definition) is 5. The SMILES string of the molecule is O=C(O)c1cccc(-c2ccc(C=c3sc4n(c3=O)C(c3cccc(F)c3)C3=C(N=4)c4ccccc4CC3)o2)c1. The normalized spacial score (nSPS) is 16.2. The van der Waals surface area contributed by atoms with Gasteiger partial charge in [0.1, 0.15) is 17.3 Å². The lowest BCUT2D eigenvalue weighted by atomic mass is 9.83. The van der Waals surface area contributed by atoms with E-state index in [4.69, 9.17) is 9.41 Å². The third-order valence-corrected chi connectivity index (χ3v) is 8.31. The number of hydrogen-bond donors (Lipinski definition) is 1. The Kier molecular flexibility index (Phi) is 5.71. The number of halogens is 1. The molecule has 5 aromatic rings. The summed E-state index contributed by atoms with van der Waals surface area (Å²) in [4.78, 5) is 30.7. The van der Waals surface area contributed by atoms with E-state index in [9.17, 15) is 19.1 Å². The van der Waals surface area contributed by atoms with Crippen LogP contribution in [0.1, 0.15) is 45.3 Å². The van der Waals surface area contributed by atoms with Crippen molar-refractivity contribution in [2.75, 3.05) is 0 Å². The second kappa shape index (κ2) is 9.43. The molecular formula is C32H21FN2O4S. The van der Waals surface area contributed by atoms with Crippen molar-refractivity contribution in [2.24, 2.45) is 4.99 Å². The fraction of sp³-hybridized carbons (Fsp3) is 0.0938. The molecule has 6 nitrogen and oxygen atoms in total. The quantitative estimate of drug-likeness (QED) is 0.325. The predicted octanol–water partition coefficient (Wildman–Crippen LogP) is 5.42. The van der Waals surface area contributed by atoms with Gasteiger partial charge >= 0.3 is 5.97 Å². The van der Waals surface area contributed by atoms with Crippen LogP contribution in [0.15, 0.2) is 105 Å². The average Bonchev–Trinajstić information content (AvgIpc) is 3.56. The number of carboxylic acid groups (broad SMARTS) is 1. The fourth-order valence-electron chi connectivity index (χ4n) is 5.52. The van der Waals surface area contributed by atoms with Gasteiger partial charge < -0.3 is 9.52 Å². The zero-order chi connectivity index (χ0) is 27.4. The number of fused-ring (bicyclic) bond motifs is 3. The number of rotatable bonds is 4. The van der Waals surface area contributed by atoms with Crippen LogP contribution in [0.25, 0.3) is 23.1 Å². The van der Waals surface area contributed by atoms with Crippen LogP contribution in [-0.4, -0.2) is 15.6 Å². The van der Waals surface area contributed by atoms with Gasteiger partial charge in [-0.25, -0.2) is 14.2 Å². The maximum absolute atomic E-state index is 14.4. The zero-order valence-electron chi connectivity index (χ0n) is 21.0. The first-order valence-corrected chi connectivity index (χ1v) is 13.6. The Morgan fingerprint density at radius 1 is 1.02 bits per heavy atom. The van der Waals surface area contributed by atoms with Crippen LogP contribution < -0.4 is 14.9 Å². The molecule has 3 heterocycles. The highest BCUT2D eigenvalue weighted by Crippen LogP contribution is 2.41. The summed E-state index contributed by atoms with van der Waals surface area (Å²) in [6, 6.07) is 24.1. The Balaban J connectivity index is 1.38.